The Labute approximate surface area is 131 Å². The number of carbonyl (C=O) groups is 1. The van der Waals surface area contributed by atoms with Crippen LogP contribution in [0.25, 0.3) is 0 Å². The van der Waals surface area contributed by atoms with Gasteiger partial charge in [0.25, 0.3) is 5.91 Å². The van der Waals surface area contributed by atoms with Crippen LogP contribution < -0.4 is 5.32 Å². The van der Waals surface area contributed by atoms with E-state index >= 15 is 0 Å². The van der Waals surface area contributed by atoms with Crippen LogP contribution in [0.2, 0.25) is 0 Å². The molecule has 2 heterocycles. The molecule has 0 aliphatic rings. The molecule has 2 aromatic rings. The van der Waals surface area contributed by atoms with Gasteiger partial charge < -0.3 is 10.2 Å². The molecule has 0 spiro atoms. The largest absolute Gasteiger partial charge is 0.366 e. The third kappa shape index (κ3) is 4.55. The van der Waals surface area contributed by atoms with Crippen LogP contribution in [0.15, 0.2) is 42.9 Å². The zero-order chi connectivity index (χ0) is 15.8. The van der Waals surface area contributed by atoms with Crippen molar-refractivity contribution in [3.8, 4) is 0 Å². The Bertz CT molecular complexity index is 601. The fourth-order valence-electron chi connectivity index (χ4n) is 2.07. The van der Waals surface area contributed by atoms with Crippen LogP contribution in [0, 0.1) is 0 Å². The summed E-state index contributed by atoms with van der Waals surface area (Å²) in [5.74, 6) is 0.731. The van der Waals surface area contributed by atoms with Gasteiger partial charge in [-0.25, -0.2) is 4.98 Å². The Balaban J connectivity index is 1.98. The summed E-state index contributed by atoms with van der Waals surface area (Å²) >= 11 is 0. The van der Waals surface area contributed by atoms with E-state index < -0.39 is 0 Å². The van der Waals surface area contributed by atoms with E-state index in [9.17, 15) is 4.79 Å². The molecular weight excluding hydrogens is 276 g/mol. The summed E-state index contributed by atoms with van der Waals surface area (Å²) in [5.41, 5.74) is 1.78. The number of nitrogens with zero attached hydrogens (tertiary/aromatic N) is 3. The van der Waals surface area contributed by atoms with E-state index in [1.54, 1.807) is 35.6 Å². The minimum absolute atomic E-state index is 0.0304. The smallest absolute Gasteiger partial charge is 0.253 e. The van der Waals surface area contributed by atoms with Crippen molar-refractivity contribution in [3.63, 3.8) is 0 Å². The first-order valence-corrected chi connectivity index (χ1v) is 7.55. The second kappa shape index (κ2) is 8.12. The maximum Gasteiger partial charge on any atom is 0.253 e. The summed E-state index contributed by atoms with van der Waals surface area (Å²) in [7, 11) is 1.84. The molecule has 0 aliphatic heterocycles. The van der Waals surface area contributed by atoms with Crippen molar-refractivity contribution in [3.05, 3.63) is 54.0 Å². The summed E-state index contributed by atoms with van der Waals surface area (Å²) in [6.45, 7) is 3.54. The fraction of sp³-hybridized carbons (Fsp3) is 0.353. The van der Waals surface area contributed by atoms with Gasteiger partial charge in [0.05, 0.1) is 0 Å². The number of unbranched alkanes of at least 4 members (excludes halogenated alkanes) is 1. The molecule has 0 saturated carbocycles. The zero-order valence-corrected chi connectivity index (χ0v) is 13.1. The summed E-state index contributed by atoms with van der Waals surface area (Å²) in [4.78, 5) is 22.3. The minimum atomic E-state index is 0.0304. The van der Waals surface area contributed by atoms with Crippen LogP contribution in [0.3, 0.4) is 0 Å². The summed E-state index contributed by atoms with van der Waals surface area (Å²) in [5, 5.41) is 3.23. The average molecular weight is 298 g/mol. The van der Waals surface area contributed by atoms with E-state index in [4.69, 9.17) is 0 Å². The van der Waals surface area contributed by atoms with Crippen molar-refractivity contribution in [1.29, 1.82) is 0 Å². The second-order valence-corrected chi connectivity index (χ2v) is 5.22. The van der Waals surface area contributed by atoms with E-state index in [1.165, 1.54) is 0 Å². The topological polar surface area (TPSA) is 58.1 Å². The molecule has 0 radical (unpaired) electrons. The van der Waals surface area contributed by atoms with Crippen LogP contribution in [-0.2, 0) is 6.54 Å². The molecule has 5 heteroatoms. The third-order valence-electron chi connectivity index (χ3n) is 3.42. The molecule has 116 valence electrons. The Kier molecular flexibility index (Phi) is 5.89. The Hall–Kier alpha value is -2.43. The van der Waals surface area contributed by atoms with Crippen molar-refractivity contribution >= 4 is 11.7 Å². The van der Waals surface area contributed by atoms with Gasteiger partial charge >= 0.3 is 0 Å². The maximum atomic E-state index is 12.3. The van der Waals surface area contributed by atoms with Gasteiger partial charge in [-0.15, -0.1) is 0 Å². The van der Waals surface area contributed by atoms with Crippen LogP contribution >= 0.6 is 0 Å². The van der Waals surface area contributed by atoms with Gasteiger partial charge in [-0.2, -0.15) is 0 Å². The lowest BCUT2D eigenvalue weighted by atomic mass is 10.2. The van der Waals surface area contributed by atoms with Gasteiger partial charge in [-0.05, 0) is 36.2 Å². The molecule has 0 fully saturated rings. The maximum absolute atomic E-state index is 12.3. The molecule has 0 unspecified atom stereocenters. The predicted octanol–water partition coefficient (Wildman–Crippen LogP) is 2.96. The first kappa shape index (κ1) is 15.9. The predicted molar refractivity (Wildman–Crippen MR) is 87.7 cm³/mol. The van der Waals surface area contributed by atoms with Crippen molar-refractivity contribution in [2.45, 2.75) is 26.3 Å². The molecule has 2 rings (SSSR count). The van der Waals surface area contributed by atoms with Gasteiger partial charge in [0.2, 0.25) is 0 Å². The van der Waals surface area contributed by atoms with E-state index in [0.29, 0.717) is 17.9 Å². The quantitative estimate of drug-likeness (QED) is 0.854. The first-order chi connectivity index (χ1) is 10.7. The monoisotopic (exact) mass is 298 g/mol. The van der Waals surface area contributed by atoms with Gasteiger partial charge in [0.15, 0.2) is 0 Å². The highest BCUT2D eigenvalue weighted by Gasteiger charge is 2.11. The highest BCUT2D eigenvalue weighted by molar-refractivity contribution is 5.94. The number of anilines is 1. The SMILES string of the molecule is CCCCN(C)C(=O)c1ccnc(NCc2ccncc2)c1. The van der Waals surface area contributed by atoms with Crippen LogP contribution in [0.5, 0.6) is 0 Å². The molecule has 2 aromatic heterocycles. The number of aromatic nitrogens is 2. The van der Waals surface area contributed by atoms with Gasteiger partial charge in [-0.3, -0.25) is 9.78 Å². The zero-order valence-electron chi connectivity index (χ0n) is 13.1. The lowest BCUT2D eigenvalue weighted by Crippen LogP contribution is -2.27. The van der Waals surface area contributed by atoms with E-state index in [0.717, 1.165) is 24.9 Å². The molecule has 1 N–H and O–H groups in total. The van der Waals surface area contributed by atoms with E-state index in [2.05, 4.69) is 22.2 Å². The van der Waals surface area contributed by atoms with Crippen molar-refractivity contribution < 1.29 is 4.79 Å². The minimum Gasteiger partial charge on any atom is -0.366 e. The first-order valence-electron chi connectivity index (χ1n) is 7.55. The molecule has 0 atom stereocenters. The molecular formula is C17H22N4O. The lowest BCUT2D eigenvalue weighted by molar-refractivity contribution is 0.0793. The van der Waals surface area contributed by atoms with Crippen molar-refractivity contribution in [1.82, 2.24) is 14.9 Å². The van der Waals surface area contributed by atoms with Gasteiger partial charge in [-0.1, -0.05) is 13.3 Å². The Morgan fingerprint density at radius 2 is 2.00 bits per heavy atom. The van der Waals surface area contributed by atoms with Crippen LogP contribution in [0.1, 0.15) is 35.7 Å². The second-order valence-electron chi connectivity index (χ2n) is 5.22. The van der Waals surface area contributed by atoms with E-state index in [-0.39, 0.29) is 5.91 Å². The molecule has 0 saturated heterocycles. The average Bonchev–Trinajstić information content (AvgIpc) is 2.58. The van der Waals surface area contributed by atoms with Crippen LogP contribution in [-0.4, -0.2) is 34.4 Å². The van der Waals surface area contributed by atoms with Crippen molar-refractivity contribution in [2.24, 2.45) is 0 Å². The van der Waals surface area contributed by atoms with Crippen LogP contribution in [0.4, 0.5) is 5.82 Å². The highest BCUT2D eigenvalue weighted by atomic mass is 16.2. The molecule has 22 heavy (non-hydrogen) atoms. The van der Waals surface area contributed by atoms with Crippen molar-refractivity contribution in [2.75, 3.05) is 18.9 Å². The van der Waals surface area contributed by atoms with Gasteiger partial charge in [0.1, 0.15) is 5.82 Å². The highest BCUT2D eigenvalue weighted by Crippen LogP contribution is 2.11. The number of hydrogen-bond donors (Lipinski definition) is 1. The summed E-state index contributed by atoms with van der Waals surface area (Å²) < 4.78 is 0. The summed E-state index contributed by atoms with van der Waals surface area (Å²) in [6, 6.07) is 7.44. The number of pyridine rings is 2. The Morgan fingerprint density at radius 3 is 2.73 bits per heavy atom. The standard InChI is InChI=1S/C17H22N4O/c1-3-4-11-21(2)17(22)15-7-10-19-16(12-15)20-13-14-5-8-18-9-6-14/h5-10,12H,3-4,11,13H2,1-2H3,(H,19,20). The molecule has 0 aromatic carbocycles. The number of hydrogen-bond acceptors (Lipinski definition) is 4. The lowest BCUT2D eigenvalue weighted by Gasteiger charge is -2.17. The molecule has 5 nitrogen and oxygen atoms in total. The molecule has 0 bridgehead atoms. The normalized spacial score (nSPS) is 10.3. The number of carbonyl (C=O) groups excluding carboxylic acids is 1. The summed E-state index contributed by atoms with van der Waals surface area (Å²) in [6.07, 6.45) is 7.27. The Morgan fingerprint density at radius 1 is 1.23 bits per heavy atom. The number of rotatable bonds is 7. The number of amides is 1. The third-order valence-corrected chi connectivity index (χ3v) is 3.42. The molecule has 0 aliphatic carbocycles. The van der Waals surface area contributed by atoms with E-state index in [1.807, 2.05) is 19.2 Å². The molecule has 1 amide bonds. The fourth-order valence-corrected chi connectivity index (χ4v) is 2.07. The number of nitrogens with one attached hydrogen (secondary N) is 1. The van der Waals surface area contributed by atoms with Gasteiger partial charge in [0, 0.05) is 44.3 Å².